The van der Waals surface area contributed by atoms with Gasteiger partial charge in [-0.05, 0) is 65.4 Å². The van der Waals surface area contributed by atoms with Gasteiger partial charge in [-0.2, -0.15) is 13.9 Å². The van der Waals surface area contributed by atoms with E-state index < -0.39 is 29.5 Å². The number of imidazole rings is 1. The van der Waals surface area contributed by atoms with Crippen LogP contribution in [0.1, 0.15) is 44.7 Å². The summed E-state index contributed by atoms with van der Waals surface area (Å²) in [5, 5.41) is 8.30. The lowest BCUT2D eigenvalue weighted by Gasteiger charge is -2.19. The van der Waals surface area contributed by atoms with Crippen LogP contribution < -0.4 is 10.7 Å². The predicted molar refractivity (Wildman–Crippen MR) is 157 cm³/mol. The third kappa shape index (κ3) is 6.84. The van der Waals surface area contributed by atoms with Gasteiger partial charge in [0.2, 0.25) is 0 Å². The molecule has 2 N–H and O–H groups in total. The van der Waals surface area contributed by atoms with Crippen molar-refractivity contribution in [2.45, 2.75) is 26.3 Å². The van der Waals surface area contributed by atoms with E-state index in [4.69, 9.17) is 11.6 Å². The van der Waals surface area contributed by atoms with Crippen molar-refractivity contribution in [1.29, 1.82) is 0 Å². The van der Waals surface area contributed by atoms with Crippen molar-refractivity contribution in [3.63, 3.8) is 0 Å². The van der Waals surface area contributed by atoms with Crippen molar-refractivity contribution in [2.75, 3.05) is 19.5 Å². The zero-order chi connectivity index (χ0) is 30.8. The monoisotopic (exact) mass is 712 g/mol. The fourth-order valence-electron chi connectivity index (χ4n) is 3.88. The topological polar surface area (TPSA) is 136 Å². The van der Waals surface area contributed by atoms with E-state index in [9.17, 15) is 23.2 Å². The minimum Gasteiger partial charge on any atom is -0.452 e. The first-order valence-electron chi connectivity index (χ1n) is 12.1. The van der Waals surface area contributed by atoms with Gasteiger partial charge in [-0.3, -0.25) is 15.0 Å². The molecule has 0 aliphatic carbocycles. The van der Waals surface area contributed by atoms with Gasteiger partial charge in [0.15, 0.2) is 5.82 Å². The number of hydrogen-bond donors (Lipinski definition) is 2. The first-order valence-corrected chi connectivity index (χ1v) is 13.6. The molecule has 3 heterocycles. The van der Waals surface area contributed by atoms with Crippen LogP contribution in [-0.2, 0) is 17.2 Å². The number of ether oxygens (including phenoxy) is 1. The molecule has 0 fully saturated rings. The molecule has 220 valence electrons. The number of nitrogens with zero attached hydrogens (tertiary/aromatic N) is 6. The molecule has 0 saturated heterocycles. The zero-order valence-electron chi connectivity index (χ0n) is 22.7. The summed E-state index contributed by atoms with van der Waals surface area (Å²) >= 11 is 8.39. The highest BCUT2D eigenvalue weighted by Gasteiger charge is 2.28. The molecule has 0 aliphatic heterocycles. The number of benzene rings is 1. The molecule has 1 aromatic carbocycles. The highest BCUT2D eigenvalue weighted by Crippen LogP contribution is 2.27. The lowest BCUT2D eigenvalue weighted by molar-refractivity contribution is 0.0131. The number of methoxy groups -OCH3 is 1. The lowest BCUT2D eigenvalue weighted by Crippen LogP contribution is -2.43. The van der Waals surface area contributed by atoms with Gasteiger partial charge in [-0.25, -0.2) is 24.5 Å². The van der Waals surface area contributed by atoms with E-state index in [1.165, 1.54) is 48.2 Å². The summed E-state index contributed by atoms with van der Waals surface area (Å²) in [5.41, 5.74) is 3.14. The second kappa shape index (κ2) is 12.4. The van der Waals surface area contributed by atoms with Crippen LogP contribution >= 0.6 is 34.2 Å². The van der Waals surface area contributed by atoms with Crippen LogP contribution in [0.5, 0.6) is 0 Å². The number of nitrogens with one attached hydrogen (secondary N) is 2. The van der Waals surface area contributed by atoms with Crippen LogP contribution in [0.25, 0.3) is 5.82 Å². The minimum absolute atomic E-state index is 0.00254. The van der Waals surface area contributed by atoms with E-state index >= 15 is 0 Å². The molecule has 16 heteroatoms. The van der Waals surface area contributed by atoms with Crippen LogP contribution in [0.4, 0.5) is 19.3 Å². The number of hydrogen-bond acceptors (Lipinski definition) is 7. The van der Waals surface area contributed by atoms with Crippen molar-refractivity contribution >= 4 is 57.8 Å². The summed E-state index contributed by atoms with van der Waals surface area (Å²) in [6, 6.07) is 7.94. The second-order valence-corrected chi connectivity index (χ2v) is 10.8. The molecule has 0 atom stereocenters. The highest BCUT2D eigenvalue weighted by molar-refractivity contribution is 14.1. The third-order valence-electron chi connectivity index (χ3n) is 5.86. The summed E-state index contributed by atoms with van der Waals surface area (Å²) in [5.74, 6) is -4.32. The Labute approximate surface area is 257 Å². The average molecular weight is 713 g/mol. The van der Waals surface area contributed by atoms with E-state index in [1.54, 1.807) is 31.2 Å². The van der Waals surface area contributed by atoms with Gasteiger partial charge in [-0.1, -0.05) is 11.6 Å². The molecule has 42 heavy (non-hydrogen) atoms. The number of carbonyl (C=O) groups excluding carboxylic acids is 3. The number of anilines is 1. The molecule has 0 spiro atoms. The number of amides is 3. The SMILES string of the molecule is COC(=O)N(C)NC(=O)c1cc(I)cc(C)c1NC(=O)c1cc(Cn2cnc(C(C)(F)F)c2)nn1-c1ncccc1Cl. The van der Waals surface area contributed by atoms with Crippen molar-refractivity contribution < 1.29 is 27.9 Å². The number of halogens is 4. The van der Waals surface area contributed by atoms with Gasteiger partial charge in [0.1, 0.15) is 11.4 Å². The van der Waals surface area contributed by atoms with E-state index in [1.807, 2.05) is 22.6 Å². The standard InChI is InChI=1S/C26H24ClF2IN8O4/c1-14-8-15(30)9-17(23(39)35-36(3)25(41)42-4)21(14)33-24(40)19-10-16(11-37-12-20(32-13-37)26(2,28)29)34-38(19)22-18(27)6-5-7-31-22/h5-10,12-13H,11H2,1-4H3,(H,33,40)(H,35,39). The van der Waals surface area contributed by atoms with Gasteiger partial charge in [0, 0.05) is 29.9 Å². The van der Waals surface area contributed by atoms with Crippen molar-refractivity contribution in [1.82, 2.24) is 34.8 Å². The lowest BCUT2D eigenvalue weighted by atomic mass is 10.1. The number of aryl methyl sites for hydroxylation is 1. The largest absolute Gasteiger partial charge is 0.452 e. The maximum atomic E-state index is 13.7. The van der Waals surface area contributed by atoms with Crippen LogP contribution in [-0.4, -0.2) is 61.4 Å². The van der Waals surface area contributed by atoms with Crippen molar-refractivity contribution in [3.05, 3.63) is 85.9 Å². The normalized spacial score (nSPS) is 11.2. The Morgan fingerprint density at radius 1 is 1.19 bits per heavy atom. The van der Waals surface area contributed by atoms with Crippen LogP contribution in [0.3, 0.4) is 0 Å². The fourth-order valence-corrected chi connectivity index (χ4v) is 4.87. The smallest absolute Gasteiger partial charge is 0.428 e. The molecule has 12 nitrogen and oxygen atoms in total. The number of alkyl halides is 2. The van der Waals surface area contributed by atoms with Crippen LogP contribution in [0, 0.1) is 10.5 Å². The molecule has 0 saturated carbocycles. The molecule has 0 radical (unpaired) electrons. The first-order chi connectivity index (χ1) is 19.8. The Kier molecular flexibility index (Phi) is 9.10. The Bertz CT molecular complexity index is 1670. The van der Waals surface area contributed by atoms with Gasteiger partial charge in [0.25, 0.3) is 17.7 Å². The maximum Gasteiger partial charge on any atom is 0.428 e. The fraction of sp³-hybridized carbons (Fsp3) is 0.231. The molecule has 3 amide bonds. The van der Waals surface area contributed by atoms with Crippen LogP contribution in [0.2, 0.25) is 5.02 Å². The molecular weight excluding hydrogens is 689 g/mol. The first kappa shape index (κ1) is 30.8. The van der Waals surface area contributed by atoms with Gasteiger partial charge in [0.05, 0.1) is 41.9 Å². The Morgan fingerprint density at radius 3 is 2.57 bits per heavy atom. The van der Waals surface area contributed by atoms with E-state index in [0.29, 0.717) is 14.8 Å². The minimum atomic E-state index is -3.13. The molecule has 0 unspecified atom stereocenters. The number of carbonyl (C=O) groups is 3. The summed E-state index contributed by atoms with van der Waals surface area (Å²) in [6.45, 7) is 2.46. The van der Waals surface area contributed by atoms with E-state index in [-0.39, 0.29) is 34.3 Å². The summed E-state index contributed by atoms with van der Waals surface area (Å²) in [7, 11) is 2.48. The van der Waals surface area contributed by atoms with Crippen molar-refractivity contribution in [3.8, 4) is 5.82 Å². The average Bonchev–Trinajstić information content (AvgIpc) is 3.57. The second-order valence-electron chi connectivity index (χ2n) is 9.13. The highest BCUT2D eigenvalue weighted by atomic mass is 127. The summed E-state index contributed by atoms with van der Waals surface area (Å²) in [4.78, 5) is 46.6. The van der Waals surface area contributed by atoms with Gasteiger partial charge >= 0.3 is 6.09 Å². The summed E-state index contributed by atoms with van der Waals surface area (Å²) < 4.78 is 35.4. The van der Waals surface area contributed by atoms with Crippen LogP contribution in [0.15, 0.2) is 49.1 Å². The maximum absolute atomic E-state index is 13.7. The van der Waals surface area contributed by atoms with E-state index in [2.05, 4.69) is 30.5 Å². The third-order valence-corrected chi connectivity index (χ3v) is 6.78. The van der Waals surface area contributed by atoms with E-state index in [0.717, 1.165) is 11.9 Å². The number of hydrazine groups is 1. The number of aromatic nitrogens is 5. The van der Waals surface area contributed by atoms with Gasteiger partial charge < -0.3 is 14.6 Å². The Hall–Kier alpha value is -4.12. The molecule has 0 aliphatic rings. The molecule has 0 bridgehead atoms. The zero-order valence-corrected chi connectivity index (χ0v) is 25.6. The van der Waals surface area contributed by atoms with Gasteiger partial charge in [-0.15, -0.1) is 0 Å². The molecular formula is C26H24ClF2IN8O4. The Morgan fingerprint density at radius 2 is 1.93 bits per heavy atom. The summed E-state index contributed by atoms with van der Waals surface area (Å²) in [6.07, 6.45) is 3.11. The van der Waals surface area contributed by atoms with Crippen molar-refractivity contribution in [2.24, 2.45) is 0 Å². The predicted octanol–water partition coefficient (Wildman–Crippen LogP) is 4.79. The quantitative estimate of drug-likeness (QED) is 0.208. The molecule has 4 aromatic rings. The number of rotatable bonds is 7. The molecule has 3 aromatic heterocycles. The Balaban J connectivity index is 1.72. The molecule has 4 rings (SSSR count). The number of pyridine rings is 1.